The van der Waals surface area contributed by atoms with Gasteiger partial charge in [-0.25, -0.2) is 9.59 Å². The van der Waals surface area contributed by atoms with E-state index >= 15 is 0 Å². The van der Waals surface area contributed by atoms with Crippen molar-refractivity contribution in [1.29, 1.82) is 0 Å². The number of hydrogen-bond acceptors (Lipinski definition) is 4. The lowest BCUT2D eigenvalue weighted by Gasteiger charge is -2.21. The molecule has 0 heterocycles. The summed E-state index contributed by atoms with van der Waals surface area (Å²) in [6.45, 7) is 5.10. The van der Waals surface area contributed by atoms with E-state index in [1.807, 2.05) is 12.1 Å². The van der Waals surface area contributed by atoms with Gasteiger partial charge in [0.2, 0.25) is 0 Å². The molecule has 4 nitrogen and oxygen atoms in total. The highest BCUT2D eigenvalue weighted by Crippen LogP contribution is 2.32. The third-order valence-electron chi connectivity index (χ3n) is 4.33. The first kappa shape index (κ1) is 19.0. The van der Waals surface area contributed by atoms with Gasteiger partial charge in [0.25, 0.3) is 0 Å². The summed E-state index contributed by atoms with van der Waals surface area (Å²) in [4.78, 5) is 22.8. The van der Waals surface area contributed by atoms with E-state index in [-0.39, 0.29) is 13.2 Å². The Morgan fingerprint density at radius 2 is 1.72 bits per heavy atom. The molecule has 0 amide bonds. The normalized spacial score (nSPS) is 15.1. The van der Waals surface area contributed by atoms with Gasteiger partial charge in [0.15, 0.2) is 0 Å². The standard InChI is InChI=1S/C21H26O4/c1-16(2)21(23)25-15-14-24-20(22)13-10-17-8-11-19(12-9-17)18-6-4-3-5-7-18/h8-13,18H,1,3-7,14-15H2,2H3/b13-10+. The number of carbonyl (C=O) groups is 2. The fraction of sp³-hybridized carbons (Fsp3) is 0.429. The van der Waals surface area contributed by atoms with Crippen LogP contribution in [0.3, 0.4) is 0 Å². The second kappa shape index (κ2) is 9.82. The molecule has 0 aliphatic heterocycles. The van der Waals surface area contributed by atoms with E-state index in [2.05, 4.69) is 18.7 Å². The molecular formula is C21H26O4. The Kier molecular flexibility index (Phi) is 7.45. The summed E-state index contributed by atoms with van der Waals surface area (Å²) < 4.78 is 9.83. The van der Waals surface area contributed by atoms with E-state index in [0.29, 0.717) is 11.5 Å². The van der Waals surface area contributed by atoms with Gasteiger partial charge in [-0.05, 0) is 42.9 Å². The maximum absolute atomic E-state index is 11.6. The first-order chi connectivity index (χ1) is 12.1. The molecular weight excluding hydrogens is 316 g/mol. The van der Waals surface area contributed by atoms with Crippen molar-refractivity contribution in [2.75, 3.05) is 13.2 Å². The summed E-state index contributed by atoms with van der Waals surface area (Å²) in [5.74, 6) is -0.258. The molecule has 1 fully saturated rings. The molecule has 0 bridgehead atoms. The second-order valence-electron chi connectivity index (χ2n) is 6.42. The van der Waals surface area contributed by atoms with Crippen LogP contribution in [-0.4, -0.2) is 25.2 Å². The van der Waals surface area contributed by atoms with Gasteiger partial charge in [-0.2, -0.15) is 0 Å². The van der Waals surface area contributed by atoms with Crippen LogP contribution in [0.2, 0.25) is 0 Å². The first-order valence-corrected chi connectivity index (χ1v) is 8.83. The van der Waals surface area contributed by atoms with Crippen molar-refractivity contribution in [3.63, 3.8) is 0 Å². The molecule has 1 aliphatic rings. The zero-order valence-corrected chi connectivity index (χ0v) is 14.8. The molecule has 0 saturated heterocycles. The van der Waals surface area contributed by atoms with Gasteiger partial charge in [0.1, 0.15) is 13.2 Å². The Morgan fingerprint density at radius 1 is 1.08 bits per heavy atom. The minimum absolute atomic E-state index is 0.0291. The molecule has 25 heavy (non-hydrogen) atoms. The highest BCUT2D eigenvalue weighted by atomic mass is 16.6. The fourth-order valence-electron chi connectivity index (χ4n) is 2.93. The van der Waals surface area contributed by atoms with Crippen LogP contribution >= 0.6 is 0 Å². The lowest BCUT2D eigenvalue weighted by Crippen LogP contribution is -2.12. The predicted molar refractivity (Wildman–Crippen MR) is 98.0 cm³/mol. The number of carbonyl (C=O) groups excluding carboxylic acids is 2. The van der Waals surface area contributed by atoms with Crippen molar-refractivity contribution in [1.82, 2.24) is 0 Å². The molecule has 134 valence electrons. The minimum Gasteiger partial charge on any atom is -0.459 e. The predicted octanol–water partition coefficient (Wildman–Crippen LogP) is 4.41. The van der Waals surface area contributed by atoms with Crippen molar-refractivity contribution in [3.05, 3.63) is 53.6 Å². The summed E-state index contributed by atoms with van der Waals surface area (Å²) in [6.07, 6.45) is 9.66. The molecule has 2 rings (SSSR count). The van der Waals surface area contributed by atoms with Gasteiger partial charge in [-0.3, -0.25) is 0 Å². The molecule has 0 radical (unpaired) electrons. The molecule has 1 aromatic rings. The Bertz CT molecular complexity index is 622. The SMILES string of the molecule is C=C(C)C(=O)OCCOC(=O)/C=C/c1ccc(C2CCCCC2)cc1. The van der Waals surface area contributed by atoms with Crippen LogP contribution < -0.4 is 0 Å². The summed E-state index contributed by atoms with van der Waals surface area (Å²) >= 11 is 0. The van der Waals surface area contributed by atoms with E-state index in [4.69, 9.17) is 9.47 Å². The van der Waals surface area contributed by atoms with E-state index in [1.165, 1.54) is 43.7 Å². The number of esters is 2. The summed E-state index contributed by atoms with van der Waals surface area (Å²) in [5, 5.41) is 0. The Balaban J connectivity index is 1.74. The van der Waals surface area contributed by atoms with Gasteiger partial charge in [-0.1, -0.05) is 50.1 Å². The van der Waals surface area contributed by atoms with Gasteiger partial charge in [0.05, 0.1) is 0 Å². The van der Waals surface area contributed by atoms with E-state index < -0.39 is 11.9 Å². The van der Waals surface area contributed by atoms with Gasteiger partial charge < -0.3 is 9.47 Å². The van der Waals surface area contributed by atoms with Crippen LogP contribution in [0, 0.1) is 0 Å². The van der Waals surface area contributed by atoms with Crippen molar-refractivity contribution in [2.24, 2.45) is 0 Å². The molecule has 0 unspecified atom stereocenters. The van der Waals surface area contributed by atoms with Crippen LogP contribution in [-0.2, 0) is 19.1 Å². The fourth-order valence-corrected chi connectivity index (χ4v) is 2.93. The summed E-state index contributed by atoms with van der Waals surface area (Å²) in [6, 6.07) is 8.36. The quantitative estimate of drug-likeness (QED) is 0.418. The second-order valence-corrected chi connectivity index (χ2v) is 6.42. The molecule has 1 aliphatic carbocycles. The van der Waals surface area contributed by atoms with Crippen molar-refractivity contribution < 1.29 is 19.1 Å². The van der Waals surface area contributed by atoms with Crippen LogP contribution in [0.4, 0.5) is 0 Å². The van der Waals surface area contributed by atoms with Crippen molar-refractivity contribution >= 4 is 18.0 Å². The van der Waals surface area contributed by atoms with Crippen molar-refractivity contribution in [3.8, 4) is 0 Å². The van der Waals surface area contributed by atoms with E-state index in [0.717, 1.165) is 5.56 Å². The molecule has 1 aromatic carbocycles. The Hall–Kier alpha value is -2.36. The van der Waals surface area contributed by atoms with Crippen molar-refractivity contribution in [2.45, 2.75) is 44.9 Å². The van der Waals surface area contributed by atoms with E-state index in [9.17, 15) is 9.59 Å². The van der Waals surface area contributed by atoms with Gasteiger partial charge in [0, 0.05) is 11.6 Å². The largest absolute Gasteiger partial charge is 0.459 e. The highest BCUT2D eigenvalue weighted by molar-refractivity contribution is 5.87. The molecule has 0 aromatic heterocycles. The molecule has 0 atom stereocenters. The van der Waals surface area contributed by atoms with Gasteiger partial charge in [-0.15, -0.1) is 0 Å². The number of hydrogen-bond donors (Lipinski definition) is 0. The number of benzene rings is 1. The highest BCUT2D eigenvalue weighted by Gasteiger charge is 2.14. The molecule has 0 spiro atoms. The lowest BCUT2D eigenvalue weighted by molar-refractivity contribution is -0.146. The number of ether oxygens (including phenoxy) is 2. The third-order valence-corrected chi connectivity index (χ3v) is 4.33. The smallest absolute Gasteiger partial charge is 0.333 e. The average molecular weight is 342 g/mol. The Morgan fingerprint density at radius 3 is 2.36 bits per heavy atom. The maximum atomic E-state index is 11.6. The molecule has 1 saturated carbocycles. The third kappa shape index (κ3) is 6.57. The van der Waals surface area contributed by atoms with Gasteiger partial charge >= 0.3 is 11.9 Å². The van der Waals surface area contributed by atoms with E-state index in [1.54, 1.807) is 13.0 Å². The van der Waals surface area contributed by atoms with Crippen LogP contribution in [0.1, 0.15) is 56.1 Å². The monoisotopic (exact) mass is 342 g/mol. The number of rotatable bonds is 7. The zero-order chi connectivity index (χ0) is 18.1. The summed E-state index contributed by atoms with van der Waals surface area (Å²) in [5.41, 5.74) is 2.67. The van der Waals surface area contributed by atoms with Crippen LogP contribution in [0.15, 0.2) is 42.5 Å². The lowest BCUT2D eigenvalue weighted by atomic mass is 9.84. The summed E-state index contributed by atoms with van der Waals surface area (Å²) in [7, 11) is 0. The Labute approximate surface area is 149 Å². The minimum atomic E-state index is -0.482. The maximum Gasteiger partial charge on any atom is 0.333 e. The average Bonchev–Trinajstić information content (AvgIpc) is 2.64. The van der Waals surface area contributed by atoms with Crippen LogP contribution in [0.25, 0.3) is 6.08 Å². The molecule has 0 N–H and O–H groups in total. The first-order valence-electron chi connectivity index (χ1n) is 8.83. The zero-order valence-electron chi connectivity index (χ0n) is 14.8. The van der Waals surface area contributed by atoms with Crippen LogP contribution in [0.5, 0.6) is 0 Å². The molecule has 4 heteroatoms. The topological polar surface area (TPSA) is 52.6 Å².